The van der Waals surface area contributed by atoms with Crippen LogP contribution in [0.4, 0.5) is 0 Å². The van der Waals surface area contributed by atoms with Crippen LogP contribution in [0.2, 0.25) is 0 Å². The van der Waals surface area contributed by atoms with Crippen LogP contribution >= 0.6 is 0 Å². The van der Waals surface area contributed by atoms with E-state index in [2.05, 4.69) is 69.8 Å². The Labute approximate surface area is 185 Å². The van der Waals surface area contributed by atoms with Gasteiger partial charge in [-0.05, 0) is 69.9 Å². The van der Waals surface area contributed by atoms with E-state index in [1.54, 1.807) is 0 Å². The molecule has 164 valence electrons. The van der Waals surface area contributed by atoms with E-state index in [9.17, 15) is 0 Å². The standard InChI is InChI=1S/C25H34N6/c1-17-6-5-13-26-25(17)22-8-3-7-21(29(22)2)20-16-31-23(28-20)9-4-10-24(31)30-14-18-11-12-19(15-30)27-18/h4-6,9-10,13,16,18-19,21-23,27-28H,3,7-8,11-12,14-15H2,1-2H3. The summed E-state index contributed by atoms with van der Waals surface area (Å²) in [6, 6.07) is 6.31. The average molecular weight is 419 g/mol. The summed E-state index contributed by atoms with van der Waals surface area (Å²) >= 11 is 0. The second-order valence-corrected chi connectivity index (χ2v) is 9.87. The highest BCUT2D eigenvalue weighted by molar-refractivity contribution is 5.31. The van der Waals surface area contributed by atoms with Gasteiger partial charge in [0.1, 0.15) is 12.0 Å². The van der Waals surface area contributed by atoms with Crippen molar-refractivity contribution in [2.45, 2.75) is 69.4 Å². The number of fused-ring (bicyclic) bond motifs is 3. The Balaban J connectivity index is 1.24. The molecular weight excluding hydrogens is 384 g/mol. The van der Waals surface area contributed by atoms with E-state index in [0.29, 0.717) is 24.2 Å². The Morgan fingerprint density at radius 3 is 2.68 bits per heavy atom. The second-order valence-electron chi connectivity index (χ2n) is 9.87. The number of allylic oxidation sites excluding steroid dienone is 2. The number of aryl methyl sites for hydroxylation is 1. The van der Waals surface area contributed by atoms with Gasteiger partial charge in [0.15, 0.2) is 0 Å². The molecule has 5 aliphatic heterocycles. The predicted octanol–water partition coefficient (Wildman–Crippen LogP) is 2.84. The van der Waals surface area contributed by atoms with Gasteiger partial charge in [-0.1, -0.05) is 12.1 Å². The fraction of sp³-hybridized carbons (Fsp3) is 0.560. The summed E-state index contributed by atoms with van der Waals surface area (Å²) in [5, 5.41) is 7.60. The van der Waals surface area contributed by atoms with Crippen LogP contribution in [0.3, 0.4) is 0 Å². The lowest BCUT2D eigenvalue weighted by Gasteiger charge is -2.41. The largest absolute Gasteiger partial charge is 0.363 e. The van der Waals surface area contributed by atoms with Gasteiger partial charge in [0.05, 0.1) is 17.8 Å². The number of likely N-dealkylation sites (N-methyl/N-ethyl adjacent to an activating group) is 1. The zero-order valence-electron chi connectivity index (χ0n) is 18.7. The summed E-state index contributed by atoms with van der Waals surface area (Å²) in [7, 11) is 2.28. The summed E-state index contributed by atoms with van der Waals surface area (Å²) in [6.07, 6.45) is 17.6. The molecule has 0 saturated carbocycles. The maximum Gasteiger partial charge on any atom is 0.124 e. The van der Waals surface area contributed by atoms with E-state index in [1.807, 2.05) is 12.3 Å². The molecule has 2 N–H and O–H groups in total. The maximum atomic E-state index is 4.75. The van der Waals surface area contributed by atoms with E-state index in [1.165, 1.54) is 54.9 Å². The van der Waals surface area contributed by atoms with Crippen LogP contribution < -0.4 is 10.6 Å². The number of rotatable bonds is 3. The third-order valence-corrected chi connectivity index (χ3v) is 7.90. The van der Waals surface area contributed by atoms with Gasteiger partial charge in [0.25, 0.3) is 0 Å². The molecule has 5 unspecified atom stereocenters. The van der Waals surface area contributed by atoms with Crippen LogP contribution in [0, 0.1) is 6.92 Å². The summed E-state index contributed by atoms with van der Waals surface area (Å²) in [5.74, 6) is 1.35. The van der Waals surface area contributed by atoms with Crippen molar-refractivity contribution in [2.75, 3.05) is 20.1 Å². The quantitative estimate of drug-likeness (QED) is 0.787. The van der Waals surface area contributed by atoms with Crippen molar-refractivity contribution in [3.05, 3.63) is 65.5 Å². The van der Waals surface area contributed by atoms with Gasteiger partial charge < -0.3 is 20.4 Å². The molecule has 2 bridgehead atoms. The van der Waals surface area contributed by atoms with Crippen LogP contribution in [0.5, 0.6) is 0 Å². The molecule has 6 heteroatoms. The molecule has 3 fully saturated rings. The molecule has 1 aromatic heterocycles. The molecule has 5 atom stereocenters. The Morgan fingerprint density at radius 1 is 1.06 bits per heavy atom. The Morgan fingerprint density at radius 2 is 1.87 bits per heavy atom. The van der Waals surface area contributed by atoms with Crippen molar-refractivity contribution in [2.24, 2.45) is 0 Å². The first-order valence-electron chi connectivity index (χ1n) is 12.0. The molecular formula is C25H34N6. The number of hydrogen-bond donors (Lipinski definition) is 2. The van der Waals surface area contributed by atoms with Crippen molar-refractivity contribution in [3.63, 3.8) is 0 Å². The minimum absolute atomic E-state index is 0.230. The van der Waals surface area contributed by atoms with Crippen molar-refractivity contribution in [3.8, 4) is 0 Å². The predicted molar refractivity (Wildman–Crippen MR) is 123 cm³/mol. The Bertz CT molecular complexity index is 924. The Hall–Kier alpha value is -2.31. The van der Waals surface area contributed by atoms with Crippen LogP contribution in [-0.4, -0.2) is 64.1 Å². The molecule has 0 radical (unpaired) electrons. The maximum absolute atomic E-state index is 4.75. The van der Waals surface area contributed by atoms with E-state index in [4.69, 9.17) is 4.98 Å². The number of piperazine rings is 1. The normalized spacial score (nSPS) is 35.0. The first-order chi connectivity index (χ1) is 15.2. The highest BCUT2D eigenvalue weighted by Crippen LogP contribution is 2.38. The molecule has 0 spiro atoms. The van der Waals surface area contributed by atoms with Gasteiger partial charge in [-0.3, -0.25) is 9.88 Å². The van der Waals surface area contributed by atoms with Gasteiger partial charge in [0.2, 0.25) is 0 Å². The number of pyridine rings is 1. The molecule has 3 saturated heterocycles. The van der Waals surface area contributed by atoms with Gasteiger partial charge in [-0.2, -0.15) is 0 Å². The molecule has 6 nitrogen and oxygen atoms in total. The van der Waals surface area contributed by atoms with E-state index < -0.39 is 0 Å². The molecule has 0 aromatic carbocycles. The minimum atomic E-state index is 0.230. The van der Waals surface area contributed by atoms with Gasteiger partial charge in [0, 0.05) is 43.3 Å². The van der Waals surface area contributed by atoms with Gasteiger partial charge in [-0.15, -0.1) is 0 Å². The summed E-state index contributed by atoms with van der Waals surface area (Å²) in [4.78, 5) is 12.4. The number of aromatic nitrogens is 1. The molecule has 0 amide bonds. The second kappa shape index (κ2) is 7.68. The van der Waals surface area contributed by atoms with Crippen molar-refractivity contribution < 1.29 is 0 Å². The molecule has 31 heavy (non-hydrogen) atoms. The molecule has 6 rings (SSSR count). The van der Waals surface area contributed by atoms with Crippen molar-refractivity contribution in [1.82, 2.24) is 30.3 Å². The van der Waals surface area contributed by atoms with Crippen LogP contribution in [0.15, 0.2) is 54.3 Å². The number of nitrogens with one attached hydrogen (secondary N) is 2. The molecule has 0 aliphatic carbocycles. The van der Waals surface area contributed by atoms with Gasteiger partial charge >= 0.3 is 0 Å². The fourth-order valence-corrected chi connectivity index (χ4v) is 6.31. The fourth-order valence-electron chi connectivity index (χ4n) is 6.31. The highest BCUT2D eigenvalue weighted by atomic mass is 15.4. The Kier molecular flexibility index (Phi) is 4.80. The minimum Gasteiger partial charge on any atom is -0.363 e. The highest BCUT2D eigenvalue weighted by Gasteiger charge is 2.39. The number of hydrogen-bond acceptors (Lipinski definition) is 6. The lowest BCUT2D eigenvalue weighted by atomic mass is 9.91. The van der Waals surface area contributed by atoms with Crippen LogP contribution in [0.25, 0.3) is 0 Å². The number of piperidine rings is 1. The number of likely N-dealkylation sites (tertiary alicyclic amines) is 2. The third-order valence-electron chi connectivity index (χ3n) is 7.90. The van der Waals surface area contributed by atoms with Crippen molar-refractivity contribution >= 4 is 0 Å². The van der Waals surface area contributed by atoms with Crippen molar-refractivity contribution in [1.29, 1.82) is 0 Å². The smallest absolute Gasteiger partial charge is 0.124 e. The first kappa shape index (κ1) is 19.4. The molecule has 1 aromatic rings. The summed E-state index contributed by atoms with van der Waals surface area (Å²) in [6.45, 7) is 4.43. The zero-order chi connectivity index (χ0) is 20.9. The zero-order valence-corrected chi connectivity index (χ0v) is 18.7. The topological polar surface area (TPSA) is 46.7 Å². The molecule has 6 heterocycles. The lowest BCUT2D eigenvalue weighted by molar-refractivity contribution is 0.128. The summed E-state index contributed by atoms with van der Waals surface area (Å²) < 4.78 is 0. The van der Waals surface area contributed by atoms with E-state index in [0.717, 1.165) is 13.1 Å². The number of nitrogens with zero attached hydrogens (tertiary/aromatic N) is 4. The van der Waals surface area contributed by atoms with Gasteiger partial charge in [-0.25, -0.2) is 0 Å². The van der Waals surface area contributed by atoms with Crippen LogP contribution in [-0.2, 0) is 0 Å². The average Bonchev–Trinajstić information content (AvgIpc) is 3.36. The third kappa shape index (κ3) is 3.37. The lowest BCUT2D eigenvalue weighted by Crippen LogP contribution is -2.53. The summed E-state index contributed by atoms with van der Waals surface area (Å²) in [5.41, 5.74) is 3.89. The SMILES string of the molecule is Cc1cccnc1C1CCCC(C2=CN3C(N4CC5CCC(C4)N5)=CC=CC3N2)N1C. The van der Waals surface area contributed by atoms with Crippen LogP contribution in [0.1, 0.15) is 49.4 Å². The monoisotopic (exact) mass is 418 g/mol. The molecule has 5 aliphatic rings. The van der Waals surface area contributed by atoms with E-state index in [-0.39, 0.29) is 6.17 Å². The van der Waals surface area contributed by atoms with E-state index >= 15 is 0 Å². The first-order valence-corrected chi connectivity index (χ1v) is 12.0.